The van der Waals surface area contributed by atoms with Crippen LogP contribution in [0.3, 0.4) is 0 Å². The van der Waals surface area contributed by atoms with E-state index in [1.165, 1.54) is 0 Å². The topological polar surface area (TPSA) is 75.8 Å². The third kappa shape index (κ3) is 101. The van der Waals surface area contributed by atoms with Gasteiger partial charge in [0, 0.05) is 0 Å². The van der Waals surface area contributed by atoms with E-state index >= 15 is 0 Å². The molecule has 0 unspecified atom stereocenters. The highest BCUT2D eigenvalue weighted by atomic mass is 15.0. The van der Waals surface area contributed by atoms with Crippen molar-refractivity contribution in [1.82, 2.24) is 5.73 Å². The molecule has 0 heterocycles. The summed E-state index contributed by atoms with van der Waals surface area (Å²) in [6.07, 6.45) is -0.917. The smallest absolute Gasteiger partial charge is 0.119 e. The molecule has 0 saturated carbocycles. The van der Waals surface area contributed by atoms with E-state index in [2.05, 4.69) is 11.5 Å². The summed E-state index contributed by atoms with van der Waals surface area (Å²) >= 11 is 0. The summed E-state index contributed by atoms with van der Waals surface area (Å²) < 4.78 is 0. The second kappa shape index (κ2) is 1.23. The van der Waals surface area contributed by atoms with E-state index in [9.17, 15) is 0 Å². The Morgan fingerprint density at radius 3 is 1.50 bits per heavy atom. The fraction of sp³-hybridized carbons (Fsp3) is 1.00. The Morgan fingerprint density at radius 2 is 1.50 bits per heavy atom. The van der Waals surface area contributed by atoms with Crippen LogP contribution in [0.25, 0.3) is 0 Å². The quantitative estimate of drug-likeness (QED) is 0.333. The fourth-order valence-corrected chi connectivity index (χ4v) is 0. The van der Waals surface area contributed by atoms with Gasteiger partial charge in [0.15, 0.2) is 0 Å². The minimum Gasteiger partial charge on any atom is -0.303 e. The summed E-state index contributed by atoms with van der Waals surface area (Å²) in [6, 6.07) is 0. The minimum absolute atomic E-state index is 0.917. The third-order valence-electron chi connectivity index (χ3n) is 0. The number of rotatable bonds is 0. The van der Waals surface area contributed by atoms with E-state index in [0.717, 1.165) is 0 Å². The SMILES string of the molecule is [NH]C(N)N. The highest BCUT2D eigenvalue weighted by molar-refractivity contribution is 4.23. The maximum Gasteiger partial charge on any atom is 0.119 e. The van der Waals surface area contributed by atoms with Crippen molar-refractivity contribution >= 4 is 0 Å². The first-order chi connectivity index (χ1) is 1.73. The van der Waals surface area contributed by atoms with E-state index in [-0.39, 0.29) is 0 Å². The molecule has 0 aromatic rings. The van der Waals surface area contributed by atoms with E-state index in [4.69, 9.17) is 5.73 Å². The van der Waals surface area contributed by atoms with Gasteiger partial charge in [0.05, 0.1) is 0 Å². The lowest BCUT2D eigenvalue weighted by Crippen LogP contribution is -2.31. The summed E-state index contributed by atoms with van der Waals surface area (Å²) in [5.41, 5.74) is 15.2. The van der Waals surface area contributed by atoms with E-state index in [1.54, 1.807) is 0 Å². The lowest BCUT2D eigenvalue weighted by Gasteiger charge is -1.82. The zero-order valence-corrected chi connectivity index (χ0v) is 2.23. The molecule has 25 valence electrons. The molecule has 0 bridgehead atoms. The van der Waals surface area contributed by atoms with Gasteiger partial charge in [0.1, 0.15) is 6.29 Å². The summed E-state index contributed by atoms with van der Waals surface area (Å²) in [5, 5.41) is 0. The third-order valence-corrected chi connectivity index (χ3v) is 0. The zero-order valence-electron chi connectivity index (χ0n) is 2.23. The molecule has 0 aromatic heterocycles. The lowest BCUT2D eigenvalue weighted by molar-refractivity contribution is 0.724. The Balaban J connectivity index is 2.32. The summed E-state index contributed by atoms with van der Waals surface area (Å²) in [7, 11) is 0. The molecular formula is CH6N3. The number of hydrogen-bond acceptors (Lipinski definition) is 2. The molecule has 0 spiro atoms. The summed E-state index contributed by atoms with van der Waals surface area (Å²) in [6.45, 7) is 0. The van der Waals surface area contributed by atoms with Crippen molar-refractivity contribution in [2.75, 3.05) is 0 Å². The Bertz CT molecular complexity index is 8.00. The Hall–Kier alpha value is -0.120. The monoisotopic (exact) mass is 60.1 g/mol. The van der Waals surface area contributed by atoms with Crippen LogP contribution >= 0.6 is 0 Å². The molecule has 3 nitrogen and oxygen atoms in total. The van der Waals surface area contributed by atoms with Crippen molar-refractivity contribution in [3.05, 3.63) is 0 Å². The van der Waals surface area contributed by atoms with Gasteiger partial charge in [-0.3, -0.25) is 0 Å². The molecule has 4 heavy (non-hydrogen) atoms. The Kier molecular flexibility index (Phi) is 1.19. The van der Waals surface area contributed by atoms with Crippen LogP contribution in [-0.4, -0.2) is 6.29 Å². The zero-order chi connectivity index (χ0) is 3.58. The second-order valence-corrected chi connectivity index (χ2v) is 0.526. The number of nitrogens with two attached hydrogens (primary N) is 2. The van der Waals surface area contributed by atoms with Gasteiger partial charge in [-0.2, -0.15) is 0 Å². The van der Waals surface area contributed by atoms with Gasteiger partial charge in [-0.25, -0.2) is 5.73 Å². The second-order valence-electron chi connectivity index (χ2n) is 0.526. The van der Waals surface area contributed by atoms with Gasteiger partial charge in [-0.15, -0.1) is 0 Å². The average Bonchev–Trinajstić information content (AvgIpc) is 0.811. The number of hydrogen-bond donors (Lipinski definition) is 2. The molecule has 0 aliphatic rings. The molecule has 0 saturated heterocycles. The first-order valence-electron chi connectivity index (χ1n) is 0.955. The minimum atomic E-state index is -0.917. The van der Waals surface area contributed by atoms with E-state index < -0.39 is 6.29 Å². The van der Waals surface area contributed by atoms with Crippen LogP contribution in [0.1, 0.15) is 0 Å². The van der Waals surface area contributed by atoms with Crippen molar-refractivity contribution in [3.8, 4) is 0 Å². The van der Waals surface area contributed by atoms with Crippen molar-refractivity contribution in [2.45, 2.75) is 6.29 Å². The van der Waals surface area contributed by atoms with Gasteiger partial charge in [-0.05, 0) is 0 Å². The highest BCUT2D eigenvalue weighted by Crippen LogP contribution is 1.25. The van der Waals surface area contributed by atoms with E-state index in [1.807, 2.05) is 0 Å². The molecule has 0 amide bonds. The van der Waals surface area contributed by atoms with Gasteiger partial charge in [0.2, 0.25) is 0 Å². The van der Waals surface area contributed by atoms with Gasteiger partial charge < -0.3 is 11.5 Å². The average molecular weight is 60.1 g/mol. The molecule has 0 rings (SSSR count). The molecule has 0 fully saturated rings. The predicted octanol–water partition coefficient (Wildman–Crippen LogP) is -1.53. The van der Waals surface area contributed by atoms with Crippen LogP contribution in [0.2, 0.25) is 0 Å². The van der Waals surface area contributed by atoms with Gasteiger partial charge in [0.25, 0.3) is 0 Å². The molecule has 0 aliphatic heterocycles. The molecule has 0 aromatic carbocycles. The predicted molar refractivity (Wildman–Crippen MR) is 15.3 cm³/mol. The van der Waals surface area contributed by atoms with Gasteiger partial charge in [-0.1, -0.05) is 0 Å². The molecule has 0 aliphatic carbocycles. The molecule has 1 radical (unpaired) electrons. The first kappa shape index (κ1) is 3.88. The lowest BCUT2D eigenvalue weighted by atomic mass is 11.0. The maximum absolute atomic E-state index is 6.14. The Labute approximate surface area is 24.8 Å². The number of nitrogens with one attached hydrogen (secondary N) is 1. The van der Waals surface area contributed by atoms with Crippen molar-refractivity contribution < 1.29 is 0 Å². The normalized spacial score (nSPS) is 9.00. The highest BCUT2D eigenvalue weighted by Gasteiger charge is 1.67. The van der Waals surface area contributed by atoms with Crippen molar-refractivity contribution in [3.63, 3.8) is 0 Å². The largest absolute Gasteiger partial charge is 0.303 e. The van der Waals surface area contributed by atoms with Crippen LogP contribution < -0.4 is 17.2 Å². The van der Waals surface area contributed by atoms with Gasteiger partial charge >= 0.3 is 0 Å². The maximum atomic E-state index is 6.14. The van der Waals surface area contributed by atoms with Crippen LogP contribution in [0, 0.1) is 0 Å². The van der Waals surface area contributed by atoms with Crippen molar-refractivity contribution in [1.29, 1.82) is 0 Å². The molecule has 3 heteroatoms. The summed E-state index contributed by atoms with van der Waals surface area (Å²) in [5.74, 6) is 0. The van der Waals surface area contributed by atoms with E-state index in [0.29, 0.717) is 0 Å². The summed E-state index contributed by atoms with van der Waals surface area (Å²) in [4.78, 5) is 0. The van der Waals surface area contributed by atoms with Crippen molar-refractivity contribution in [2.24, 2.45) is 11.5 Å². The standard InChI is InChI=1S/CH6N3/c2-1(3)4/h1-2H,3-4H2. The Morgan fingerprint density at radius 1 is 1.50 bits per heavy atom. The van der Waals surface area contributed by atoms with Crippen LogP contribution in [0.15, 0.2) is 0 Å². The first-order valence-corrected chi connectivity index (χ1v) is 0.955. The molecule has 5 N–H and O–H groups in total. The molecule has 0 atom stereocenters. The molecular weight excluding hydrogens is 54.0 g/mol. The van der Waals surface area contributed by atoms with Crippen LogP contribution in [0.5, 0.6) is 0 Å². The fourth-order valence-electron chi connectivity index (χ4n) is 0. The van der Waals surface area contributed by atoms with Crippen LogP contribution in [-0.2, 0) is 0 Å². The van der Waals surface area contributed by atoms with Crippen LogP contribution in [0.4, 0.5) is 0 Å².